The molecular formula is C35H44N4O4. The number of carbonyl (C=O) groups is 1. The van der Waals surface area contributed by atoms with Gasteiger partial charge in [-0.1, -0.05) is 100 Å². The zero-order chi connectivity index (χ0) is 29.9. The van der Waals surface area contributed by atoms with E-state index in [9.17, 15) is 9.59 Å². The summed E-state index contributed by atoms with van der Waals surface area (Å²) >= 11 is 0. The largest absolute Gasteiger partial charge is 0.428 e. The molecule has 2 heterocycles. The lowest BCUT2D eigenvalue weighted by atomic mass is 10.0. The van der Waals surface area contributed by atoms with Crippen molar-refractivity contribution in [3.63, 3.8) is 0 Å². The van der Waals surface area contributed by atoms with Gasteiger partial charge in [0.05, 0.1) is 11.2 Å². The number of oxazole rings is 1. The third-order valence-electron chi connectivity index (χ3n) is 8.20. The Labute approximate surface area is 254 Å². The van der Waals surface area contributed by atoms with E-state index in [1.807, 2.05) is 24.3 Å². The molecule has 43 heavy (non-hydrogen) atoms. The smallest absolute Gasteiger partial charge is 0.422 e. The first-order valence-corrected chi connectivity index (χ1v) is 15.8. The van der Waals surface area contributed by atoms with Crippen molar-refractivity contribution in [1.82, 2.24) is 14.8 Å². The van der Waals surface area contributed by atoms with Gasteiger partial charge in [-0.2, -0.15) is 0 Å². The number of hydrogen-bond acceptors (Lipinski definition) is 6. The molecule has 228 valence electrons. The van der Waals surface area contributed by atoms with Gasteiger partial charge >= 0.3 is 11.8 Å². The van der Waals surface area contributed by atoms with Crippen molar-refractivity contribution >= 4 is 22.9 Å². The van der Waals surface area contributed by atoms with Crippen LogP contribution in [0.4, 0.5) is 10.5 Å². The van der Waals surface area contributed by atoms with E-state index in [1.54, 1.807) is 0 Å². The predicted molar refractivity (Wildman–Crippen MR) is 172 cm³/mol. The highest BCUT2D eigenvalue weighted by Crippen LogP contribution is 2.28. The van der Waals surface area contributed by atoms with Crippen LogP contribution in [-0.2, 0) is 18.0 Å². The molecule has 0 aliphatic carbocycles. The number of anilines is 1. The molecule has 0 radical (unpaired) electrons. The van der Waals surface area contributed by atoms with Crippen LogP contribution in [0.2, 0.25) is 0 Å². The quantitative estimate of drug-likeness (QED) is 0.161. The minimum absolute atomic E-state index is 0.187. The number of aromatic nitrogens is 1. The molecule has 4 aromatic rings. The summed E-state index contributed by atoms with van der Waals surface area (Å²) in [6.07, 6.45) is 7.74. The zero-order valence-electron chi connectivity index (χ0n) is 25.3. The highest BCUT2D eigenvalue weighted by atomic mass is 16.6. The third kappa shape index (κ3) is 8.29. The molecule has 5 rings (SSSR count). The maximum atomic E-state index is 12.7. The maximum absolute atomic E-state index is 12.7. The second-order valence-electron chi connectivity index (χ2n) is 11.4. The first kappa shape index (κ1) is 30.4. The number of carbonyl (C=O) groups excluding carboxylic acids is 1. The summed E-state index contributed by atoms with van der Waals surface area (Å²) in [5.74, 6) is -0.528. The van der Waals surface area contributed by atoms with E-state index in [0.29, 0.717) is 17.6 Å². The van der Waals surface area contributed by atoms with Crippen molar-refractivity contribution in [3.05, 3.63) is 88.9 Å². The summed E-state index contributed by atoms with van der Waals surface area (Å²) in [6, 6.07) is 25.0. The molecule has 0 unspecified atom stereocenters. The molecule has 1 aliphatic heterocycles. The lowest BCUT2D eigenvalue weighted by Crippen LogP contribution is -2.46. The molecular weight excluding hydrogens is 540 g/mol. The second kappa shape index (κ2) is 15.4. The fraction of sp³-hybridized carbons (Fsp3) is 0.429. The van der Waals surface area contributed by atoms with Crippen molar-refractivity contribution in [3.8, 4) is 11.1 Å². The molecule has 3 aromatic carbocycles. The zero-order valence-corrected chi connectivity index (χ0v) is 25.3. The van der Waals surface area contributed by atoms with Gasteiger partial charge in [0.1, 0.15) is 0 Å². The van der Waals surface area contributed by atoms with Gasteiger partial charge in [-0.15, -0.1) is 0 Å². The topological polar surface area (TPSA) is 79.9 Å². The van der Waals surface area contributed by atoms with Gasteiger partial charge in [-0.3, -0.25) is 4.90 Å². The Morgan fingerprint density at radius 2 is 1.56 bits per heavy atom. The molecule has 1 amide bonds. The van der Waals surface area contributed by atoms with E-state index in [2.05, 4.69) is 70.6 Å². The van der Waals surface area contributed by atoms with Crippen molar-refractivity contribution in [2.24, 2.45) is 0 Å². The van der Waals surface area contributed by atoms with E-state index in [-0.39, 0.29) is 6.73 Å². The number of amides is 1. The average molecular weight is 585 g/mol. The van der Waals surface area contributed by atoms with E-state index >= 15 is 0 Å². The fourth-order valence-electron chi connectivity index (χ4n) is 5.77. The summed E-state index contributed by atoms with van der Waals surface area (Å²) in [4.78, 5) is 29.7. The van der Waals surface area contributed by atoms with E-state index in [1.165, 1.54) is 53.4 Å². The van der Waals surface area contributed by atoms with Gasteiger partial charge in [0.15, 0.2) is 12.3 Å². The van der Waals surface area contributed by atoms with Crippen LogP contribution < -0.4 is 16.0 Å². The van der Waals surface area contributed by atoms with Gasteiger partial charge in [-0.25, -0.2) is 14.2 Å². The van der Waals surface area contributed by atoms with Crippen LogP contribution in [0.3, 0.4) is 0 Å². The number of benzene rings is 3. The van der Waals surface area contributed by atoms with Crippen LogP contribution in [0, 0.1) is 0 Å². The lowest BCUT2D eigenvalue weighted by Gasteiger charge is -2.36. The Balaban J connectivity index is 1.12. The third-order valence-corrected chi connectivity index (χ3v) is 8.20. The number of hydrogen-bond donors (Lipinski definition) is 1. The number of piperazine rings is 1. The Bertz CT molecular complexity index is 1510. The summed E-state index contributed by atoms with van der Waals surface area (Å²) in [7, 11) is 0. The first-order chi connectivity index (χ1) is 21.1. The lowest BCUT2D eigenvalue weighted by molar-refractivity contribution is 0.112. The summed E-state index contributed by atoms with van der Waals surface area (Å²) in [6.45, 7) is 6.94. The molecule has 0 bridgehead atoms. The molecule has 1 N–H and O–H groups in total. The van der Waals surface area contributed by atoms with Crippen molar-refractivity contribution in [1.29, 1.82) is 0 Å². The maximum Gasteiger partial charge on any atom is 0.422 e. The molecule has 0 atom stereocenters. The molecule has 1 saturated heterocycles. The monoisotopic (exact) mass is 584 g/mol. The minimum Gasteiger partial charge on any atom is -0.428 e. The molecule has 0 saturated carbocycles. The summed E-state index contributed by atoms with van der Waals surface area (Å²) < 4.78 is 12.4. The Kier molecular flexibility index (Phi) is 10.9. The number of fused-ring (bicyclic) bond motifs is 1. The van der Waals surface area contributed by atoms with Gasteiger partial charge in [-0.05, 0) is 41.3 Å². The van der Waals surface area contributed by atoms with Crippen LogP contribution >= 0.6 is 0 Å². The van der Waals surface area contributed by atoms with Gasteiger partial charge in [0, 0.05) is 39.3 Å². The number of rotatable bonds is 14. The van der Waals surface area contributed by atoms with E-state index in [0.717, 1.165) is 51.3 Å². The Morgan fingerprint density at radius 3 is 2.35 bits per heavy atom. The van der Waals surface area contributed by atoms with E-state index < -0.39 is 11.8 Å². The number of alkyl carbamates (subject to hydrolysis) is 1. The molecule has 1 fully saturated rings. The summed E-state index contributed by atoms with van der Waals surface area (Å²) in [5, 5.41) is 2.79. The SMILES string of the molecule is CCCCCCCCCNC(=O)OCn1c(=O)oc2c(N3CCN(Cc4cccc(-c5ccccc5)c4)CC3)cccc21. The fourth-order valence-corrected chi connectivity index (χ4v) is 5.77. The first-order valence-electron chi connectivity index (χ1n) is 15.8. The van der Waals surface area contributed by atoms with Crippen LogP contribution in [-0.4, -0.2) is 48.3 Å². The number of para-hydroxylation sites is 1. The van der Waals surface area contributed by atoms with Gasteiger partial charge in [0.25, 0.3) is 0 Å². The van der Waals surface area contributed by atoms with Crippen LogP contribution in [0.15, 0.2) is 82.0 Å². The highest BCUT2D eigenvalue weighted by Gasteiger charge is 2.22. The standard InChI is InChI=1S/C35H44N4O4/c1-2-3-4-5-6-7-11-20-36-34(40)42-27-39-32-19-13-18-31(33(32)43-35(39)41)38-23-21-37(22-24-38)26-28-14-12-17-30(25-28)29-15-9-8-10-16-29/h8-10,12-19,25H,2-7,11,20-24,26-27H2,1H3,(H,36,40). The van der Waals surface area contributed by atoms with E-state index in [4.69, 9.17) is 9.15 Å². The number of unbranched alkanes of at least 4 members (excludes halogenated alkanes) is 6. The number of nitrogens with one attached hydrogen (secondary N) is 1. The van der Waals surface area contributed by atoms with Gasteiger partial charge in [0.2, 0.25) is 0 Å². The Hall–Kier alpha value is -4.04. The molecule has 1 aromatic heterocycles. The van der Waals surface area contributed by atoms with Gasteiger partial charge < -0.3 is 19.4 Å². The normalized spacial score (nSPS) is 13.8. The molecule has 8 nitrogen and oxygen atoms in total. The predicted octanol–water partition coefficient (Wildman–Crippen LogP) is 7.02. The van der Waals surface area contributed by atoms with Crippen LogP contribution in [0.25, 0.3) is 22.2 Å². The van der Waals surface area contributed by atoms with Crippen molar-refractivity contribution in [2.45, 2.75) is 65.1 Å². The summed E-state index contributed by atoms with van der Waals surface area (Å²) in [5.41, 5.74) is 5.81. The molecule has 0 spiro atoms. The second-order valence-corrected chi connectivity index (χ2v) is 11.4. The molecule has 8 heteroatoms. The number of nitrogens with zero attached hydrogens (tertiary/aromatic N) is 3. The Morgan fingerprint density at radius 1 is 0.837 bits per heavy atom. The average Bonchev–Trinajstić information content (AvgIpc) is 3.37. The number of ether oxygens (including phenoxy) is 1. The van der Waals surface area contributed by atoms with Crippen molar-refractivity contribution < 1.29 is 13.9 Å². The van der Waals surface area contributed by atoms with Crippen molar-refractivity contribution in [2.75, 3.05) is 37.6 Å². The minimum atomic E-state index is -0.528. The van der Waals surface area contributed by atoms with Crippen LogP contribution in [0.1, 0.15) is 57.4 Å². The highest BCUT2D eigenvalue weighted by molar-refractivity contribution is 5.87. The molecule has 1 aliphatic rings. The van der Waals surface area contributed by atoms with Crippen LogP contribution in [0.5, 0.6) is 0 Å².